The quantitative estimate of drug-likeness (QED) is 0.323. The second-order valence-corrected chi connectivity index (χ2v) is 9.88. The molecule has 4 rings (SSSR count). The summed E-state index contributed by atoms with van der Waals surface area (Å²) >= 11 is 0. The molecule has 0 saturated heterocycles. The second kappa shape index (κ2) is 9.14. The van der Waals surface area contributed by atoms with E-state index in [9.17, 15) is 19.2 Å². The van der Waals surface area contributed by atoms with E-state index in [1.54, 1.807) is 45.4 Å². The number of aryl methyl sites for hydroxylation is 1. The average molecular weight is 472 g/mol. The number of hydrogen-bond donors (Lipinski definition) is 2. The van der Waals surface area contributed by atoms with E-state index in [-0.39, 0.29) is 47.7 Å². The topological polar surface area (TPSA) is 93.8 Å². The molecular formula is C24H26FN2O5P. The minimum atomic E-state index is -3.50. The largest absolute Gasteiger partial charge is 0.505 e. The van der Waals surface area contributed by atoms with E-state index in [0.29, 0.717) is 22.8 Å². The Labute approximate surface area is 190 Å². The number of rotatable bonds is 8. The van der Waals surface area contributed by atoms with Crippen molar-refractivity contribution in [3.63, 3.8) is 0 Å². The highest BCUT2D eigenvalue weighted by Gasteiger charge is 2.29. The van der Waals surface area contributed by atoms with E-state index in [1.165, 1.54) is 16.7 Å². The van der Waals surface area contributed by atoms with Gasteiger partial charge in [-0.3, -0.25) is 9.55 Å². The molecule has 0 amide bonds. The van der Waals surface area contributed by atoms with Gasteiger partial charge >= 0.3 is 7.60 Å². The molecule has 2 heterocycles. The predicted molar refractivity (Wildman–Crippen MR) is 125 cm³/mol. The summed E-state index contributed by atoms with van der Waals surface area (Å²) in [6, 6.07) is 8.07. The van der Waals surface area contributed by atoms with Gasteiger partial charge in [-0.2, -0.15) is 0 Å². The molecule has 0 spiro atoms. The standard InChI is InChI=1S/C24H26FN2O5P/c1-4-31-33(30,32-5-2)14-20-18-11-16(10-15-6-8-17(25)9-7-15)12-26-22(18)23(28)21-19(20)13-27(3)24(21)29/h6-9,11-13,28-29H,4-5,10,14H2,1-3H3. The van der Waals surface area contributed by atoms with Gasteiger partial charge < -0.3 is 23.8 Å². The predicted octanol–water partition coefficient (Wildman–Crippen LogP) is 5.63. The summed E-state index contributed by atoms with van der Waals surface area (Å²) in [6.45, 7) is 3.91. The molecule has 9 heteroatoms. The van der Waals surface area contributed by atoms with Crippen LogP contribution in [0.4, 0.5) is 4.39 Å². The number of aromatic nitrogens is 2. The molecule has 0 bridgehead atoms. The van der Waals surface area contributed by atoms with E-state index in [2.05, 4.69) is 4.98 Å². The Morgan fingerprint density at radius 1 is 1.06 bits per heavy atom. The Morgan fingerprint density at radius 3 is 2.36 bits per heavy atom. The minimum Gasteiger partial charge on any atom is -0.505 e. The lowest BCUT2D eigenvalue weighted by Crippen LogP contribution is -2.01. The molecule has 0 atom stereocenters. The van der Waals surface area contributed by atoms with Gasteiger partial charge in [-0.25, -0.2) is 4.39 Å². The van der Waals surface area contributed by atoms with Crippen molar-refractivity contribution < 1.29 is 28.2 Å². The van der Waals surface area contributed by atoms with Crippen LogP contribution in [0.2, 0.25) is 0 Å². The van der Waals surface area contributed by atoms with Crippen molar-refractivity contribution in [3.05, 3.63) is 65.2 Å². The highest BCUT2D eigenvalue weighted by Crippen LogP contribution is 2.54. The fourth-order valence-corrected chi connectivity index (χ4v) is 5.86. The lowest BCUT2D eigenvalue weighted by atomic mass is 9.99. The molecular weight excluding hydrogens is 446 g/mol. The molecule has 0 aliphatic rings. The number of halogens is 1. The van der Waals surface area contributed by atoms with Gasteiger partial charge in [-0.1, -0.05) is 12.1 Å². The molecule has 2 aromatic carbocycles. The summed E-state index contributed by atoms with van der Waals surface area (Å²) in [5, 5.41) is 22.9. The summed E-state index contributed by atoms with van der Waals surface area (Å²) in [4.78, 5) is 4.46. The molecule has 2 aromatic heterocycles. The highest BCUT2D eigenvalue weighted by atomic mass is 31.2. The maximum absolute atomic E-state index is 13.4. The Bertz CT molecular complexity index is 1360. The van der Waals surface area contributed by atoms with Crippen molar-refractivity contribution >= 4 is 29.3 Å². The average Bonchev–Trinajstić information content (AvgIpc) is 3.08. The first-order valence-corrected chi connectivity index (χ1v) is 12.4. The highest BCUT2D eigenvalue weighted by molar-refractivity contribution is 7.53. The van der Waals surface area contributed by atoms with Crippen molar-refractivity contribution in [2.24, 2.45) is 7.05 Å². The van der Waals surface area contributed by atoms with E-state index in [0.717, 1.165) is 11.1 Å². The molecule has 4 aromatic rings. The summed E-state index contributed by atoms with van der Waals surface area (Å²) in [5.41, 5.74) is 2.61. The molecule has 0 fully saturated rings. The van der Waals surface area contributed by atoms with Gasteiger partial charge in [0, 0.05) is 30.2 Å². The van der Waals surface area contributed by atoms with Gasteiger partial charge in [0.05, 0.1) is 24.8 Å². The second-order valence-electron chi connectivity index (χ2n) is 7.83. The van der Waals surface area contributed by atoms with Gasteiger partial charge in [0.2, 0.25) is 5.88 Å². The van der Waals surface area contributed by atoms with E-state index >= 15 is 0 Å². The van der Waals surface area contributed by atoms with E-state index < -0.39 is 7.60 Å². The number of pyridine rings is 1. The van der Waals surface area contributed by atoms with Crippen molar-refractivity contribution in [3.8, 4) is 11.6 Å². The number of benzene rings is 2. The van der Waals surface area contributed by atoms with Crippen LogP contribution < -0.4 is 0 Å². The fraction of sp³-hybridized carbons (Fsp3) is 0.292. The number of nitrogens with zero attached hydrogens (tertiary/aromatic N) is 2. The number of hydrogen-bond acceptors (Lipinski definition) is 6. The summed E-state index contributed by atoms with van der Waals surface area (Å²) in [6.07, 6.45) is 3.75. The monoisotopic (exact) mass is 472 g/mol. The van der Waals surface area contributed by atoms with Crippen LogP contribution >= 0.6 is 7.60 Å². The van der Waals surface area contributed by atoms with Gasteiger partial charge in [-0.15, -0.1) is 0 Å². The Kier molecular flexibility index (Phi) is 6.43. The van der Waals surface area contributed by atoms with Crippen LogP contribution in [-0.4, -0.2) is 33.0 Å². The SMILES string of the molecule is CCOP(=O)(Cc1c2cc(Cc3ccc(F)cc3)cnc2c(O)c2c(O)n(C)cc12)OCC. The number of aromatic hydroxyl groups is 2. The lowest BCUT2D eigenvalue weighted by molar-refractivity contribution is 0.219. The maximum atomic E-state index is 13.4. The Hall–Kier alpha value is -2.93. The fourth-order valence-electron chi connectivity index (χ4n) is 4.09. The van der Waals surface area contributed by atoms with Crippen LogP contribution in [0.5, 0.6) is 11.6 Å². The third-order valence-electron chi connectivity index (χ3n) is 5.53. The summed E-state index contributed by atoms with van der Waals surface area (Å²) < 4.78 is 39.2. The minimum absolute atomic E-state index is 0.0485. The van der Waals surface area contributed by atoms with E-state index in [4.69, 9.17) is 9.05 Å². The molecule has 0 radical (unpaired) electrons. The maximum Gasteiger partial charge on any atom is 0.335 e. The van der Waals surface area contributed by atoms with Gasteiger partial charge in [0.15, 0.2) is 5.75 Å². The van der Waals surface area contributed by atoms with Gasteiger partial charge in [0.25, 0.3) is 0 Å². The molecule has 0 aliphatic heterocycles. The molecule has 0 aliphatic carbocycles. The zero-order chi connectivity index (χ0) is 23.8. The van der Waals surface area contributed by atoms with Crippen LogP contribution in [0.15, 0.2) is 42.7 Å². The van der Waals surface area contributed by atoms with Crippen molar-refractivity contribution in [2.75, 3.05) is 13.2 Å². The summed E-state index contributed by atoms with van der Waals surface area (Å²) in [7, 11) is -1.85. The third kappa shape index (κ3) is 4.47. The first-order valence-electron chi connectivity index (χ1n) is 10.7. The zero-order valence-electron chi connectivity index (χ0n) is 18.7. The van der Waals surface area contributed by atoms with Crippen LogP contribution in [0.1, 0.15) is 30.5 Å². The molecule has 33 heavy (non-hydrogen) atoms. The Balaban J connectivity index is 1.93. The first-order chi connectivity index (χ1) is 15.8. The van der Waals surface area contributed by atoms with Crippen LogP contribution in [0, 0.1) is 5.82 Å². The molecule has 7 nitrogen and oxygen atoms in total. The van der Waals surface area contributed by atoms with Crippen LogP contribution in [0.3, 0.4) is 0 Å². The van der Waals surface area contributed by atoms with Gasteiger partial charge in [-0.05, 0) is 55.2 Å². The molecule has 0 saturated carbocycles. The number of phenols is 1. The number of phenolic OH excluding ortho intramolecular Hbond substituents is 1. The molecule has 174 valence electrons. The van der Waals surface area contributed by atoms with Crippen LogP contribution in [0.25, 0.3) is 21.7 Å². The smallest absolute Gasteiger partial charge is 0.335 e. The lowest BCUT2D eigenvalue weighted by Gasteiger charge is -2.19. The first kappa shape index (κ1) is 23.2. The molecule has 0 unspecified atom stereocenters. The van der Waals surface area contributed by atoms with E-state index in [1.807, 2.05) is 6.07 Å². The normalized spacial score (nSPS) is 12.1. The van der Waals surface area contributed by atoms with Crippen molar-refractivity contribution in [1.82, 2.24) is 9.55 Å². The third-order valence-corrected chi connectivity index (χ3v) is 7.54. The van der Waals surface area contributed by atoms with Crippen molar-refractivity contribution in [2.45, 2.75) is 26.4 Å². The zero-order valence-corrected chi connectivity index (χ0v) is 19.6. The number of fused-ring (bicyclic) bond motifs is 2. The van der Waals surface area contributed by atoms with Gasteiger partial charge in [0.1, 0.15) is 11.3 Å². The van der Waals surface area contributed by atoms with Crippen LogP contribution in [-0.2, 0) is 33.2 Å². The Morgan fingerprint density at radius 2 is 1.73 bits per heavy atom. The summed E-state index contributed by atoms with van der Waals surface area (Å²) in [5.74, 6) is -0.584. The van der Waals surface area contributed by atoms with Crippen molar-refractivity contribution in [1.29, 1.82) is 0 Å². The molecule has 2 N–H and O–H groups in total.